The molecule has 0 bridgehead atoms. The Morgan fingerprint density at radius 3 is 2.43 bits per heavy atom. The molecule has 0 spiro atoms. The first-order valence-electron chi connectivity index (χ1n) is 16.4. The van der Waals surface area contributed by atoms with Gasteiger partial charge in [0.25, 0.3) is 5.91 Å². The number of quaternary nitrogens is 1. The van der Waals surface area contributed by atoms with Crippen LogP contribution in [0.15, 0.2) is 33.9 Å². The van der Waals surface area contributed by atoms with Gasteiger partial charge < -0.3 is 40.8 Å². The van der Waals surface area contributed by atoms with Gasteiger partial charge in [0.2, 0.25) is 17.3 Å². The van der Waals surface area contributed by atoms with Crippen LogP contribution in [-0.2, 0) is 28.8 Å². The maximum Gasteiger partial charge on any atom is 0.352 e. The van der Waals surface area contributed by atoms with Crippen LogP contribution in [-0.4, -0.2) is 125 Å². The summed E-state index contributed by atoms with van der Waals surface area (Å²) in [6.45, 7) is 6.10. The number of amides is 2. The van der Waals surface area contributed by atoms with Crippen molar-refractivity contribution in [3.8, 4) is 11.5 Å². The molecule has 3 atom stereocenters. The number of oxime groups is 1. The molecule has 0 radical (unpaired) electrons. The Kier molecular flexibility index (Phi) is 11.2. The number of benzene rings is 1. The molecule has 284 valence electrons. The molecule has 2 saturated heterocycles. The number of nitrogens with one attached hydrogen (secondary N) is 1. The lowest BCUT2D eigenvalue weighted by Crippen LogP contribution is -2.63. The third-order valence-corrected chi connectivity index (χ3v) is 11.6. The number of aromatic nitrogens is 1. The number of carbonyl (C=O) groups excluding carboxylic acids is 4. The number of likely N-dealkylation sites (tertiary alicyclic amines) is 1. The highest BCUT2D eigenvalue weighted by Gasteiger charge is 2.56. The number of rotatable bonds is 15. The summed E-state index contributed by atoms with van der Waals surface area (Å²) in [6, 6.07) is 1.42. The molecule has 53 heavy (non-hydrogen) atoms. The molecular weight excluding hydrogens is 740 g/mol. The molecule has 0 unspecified atom stereocenters. The van der Waals surface area contributed by atoms with Crippen molar-refractivity contribution in [3.63, 3.8) is 0 Å². The monoisotopic (exact) mass is 777 g/mol. The second-order valence-electron chi connectivity index (χ2n) is 13.5. The van der Waals surface area contributed by atoms with Crippen LogP contribution < -0.4 is 11.1 Å². The second-order valence-corrected chi connectivity index (χ2v) is 15.8. The Bertz CT molecular complexity index is 1920. The summed E-state index contributed by atoms with van der Waals surface area (Å²) in [4.78, 5) is 87.2. The number of hydrogen-bond acceptors (Lipinski definition) is 14. The SMILES string of the molecule is C[C@@H]1S[C@@H]2[C@H](CC(=O)/C(=N\OC(C)(C)C(=O)O)c3csc(N)n3)C(=O)N2C(C(=O)O)=C1C[N+]1(CCNC(=O)C(=O)c2cc(O)c(O)c(F)c2)CCCC1. The molecule has 1 aromatic carbocycles. The number of fused-ring (bicyclic) bond motifs is 1. The Labute approximate surface area is 309 Å². The maximum atomic E-state index is 13.8. The average molecular weight is 778 g/mol. The number of thiazole rings is 1. The molecule has 2 aromatic rings. The van der Waals surface area contributed by atoms with E-state index in [1.807, 2.05) is 6.92 Å². The first kappa shape index (κ1) is 39.1. The van der Waals surface area contributed by atoms with Gasteiger partial charge in [-0.1, -0.05) is 5.16 Å². The standard InChI is InChI=1S/C33H37FN6O11S2/c1-15-18(13-40(7-4-5-8-40)9-6-36-27(45)25(43)16-10-19(34)26(44)22(42)11-16)24(30(47)48)39-28(46)17(29(39)53-15)12-21(41)23(20-14-52-32(35)37-20)38-51-33(2,3)31(49)50/h10-11,14-15,17,29H,4-9,12-13H2,1-3H3,(H6-,35,36,37,38,41,42,43,44,45,47,48,49,50)/p+1/t15-,17+,29+/m0/s1. The summed E-state index contributed by atoms with van der Waals surface area (Å²) in [7, 11) is 0. The normalized spacial score (nSPS) is 21.1. The number of Topliss-reactive ketones (excluding diaryl/α,β-unsaturated/α-hetero) is 2. The fourth-order valence-electron chi connectivity index (χ4n) is 6.48. The first-order chi connectivity index (χ1) is 24.9. The van der Waals surface area contributed by atoms with Crippen LogP contribution in [0, 0.1) is 11.7 Å². The highest BCUT2D eigenvalue weighted by atomic mass is 32.2. The number of aromatic hydroxyl groups is 2. The molecule has 5 rings (SSSR count). The van der Waals surface area contributed by atoms with Gasteiger partial charge in [-0.05, 0) is 32.9 Å². The van der Waals surface area contributed by atoms with Gasteiger partial charge in [0, 0.05) is 41.0 Å². The Balaban J connectivity index is 1.31. The number of thioether (sulfide) groups is 1. The van der Waals surface area contributed by atoms with Crippen molar-refractivity contribution in [1.29, 1.82) is 0 Å². The molecule has 3 aliphatic heterocycles. The van der Waals surface area contributed by atoms with Crippen molar-refractivity contribution in [1.82, 2.24) is 15.2 Å². The number of hydrogen-bond donors (Lipinski definition) is 6. The topological polar surface area (TPSA) is 259 Å². The van der Waals surface area contributed by atoms with E-state index in [0.29, 0.717) is 35.8 Å². The zero-order valence-electron chi connectivity index (χ0n) is 28.8. The van der Waals surface area contributed by atoms with Crippen LogP contribution in [0.3, 0.4) is 0 Å². The van der Waals surface area contributed by atoms with Gasteiger partial charge >= 0.3 is 11.9 Å². The Hall–Kier alpha value is -5.08. The zero-order chi connectivity index (χ0) is 39.0. The lowest BCUT2D eigenvalue weighted by molar-refractivity contribution is -0.911. The van der Waals surface area contributed by atoms with Gasteiger partial charge in [-0.15, -0.1) is 23.1 Å². The minimum atomic E-state index is -1.79. The van der Waals surface area contributed by atoms with Gasteiger partial charge in [-0.2, -0.15) is 0 Å². The van der Waals surface area contributed by atoms with Crippen LogP contribution in [0.5, 0.6) is 11.5 Å². The molecule has 17 nitrogen and oxygen atoms in total. The van der Waals surface area contributed by atoms with Crippen molar-refractivity contribution in [2.24, 2.45) is 11.1 Å². The highest BCUT2D eigenvalue weighted by Crippen LogP contribution is 2.49. The van der Waals surface area contributed by atoms with Gasteiger partial charge in [0.1, 0.15) is 17.9 Å². The van der Waals surface area contributed by atoms with E-state index in [0.717, 1.165) is 30.2 Å². The van der Waals surface area contributed by atoms with Gasteiger partial charge in [-0.25, -0.2) is 19.0 Å². The van der Waals surface area contributed by atoms with Gasteiger partial charge in [-0.3, -0.25) is 24.1 Å². The van der Waals surface area contributed by atoms with Crippen molar-refractivity contribution in [2.45, 2.75) is 56.3 Å². The summed E-state index contributed by atoms with van der Waals surface area (Å²) >= 11 is 2.34. The maximum absolute atomic E-state index is 13.8. The lowest BCUT2D eigenvalue weighted by atomic mass is 9.88. The number of halogens is 1. The molecule has 4 heterocycles. The number of carbonyl (C=O) groups is 6. The molecule has 7 N–H and O–H groups in total. The number of nitrogens with two attached hydrogens (primary N) is 1. The molecule has 20 heteroatoms. The number of phenols is 2. The van der Waals surface area contributed by atoms with E-state index in [-0.39, 0.29) is 41.7 Å². The van der Waals surface area contributed by atoms with Crippen LogP contribution in [0.2, 0.25) is 0 Å². The van der Waals surface area contributed by atoms with E-state index in [2.05, 4.69) is 15.5 Å². The van der Waals surface area contributed by atoms with E-state index in [1.54, 1.807) is 0 Å². The summed E-state index contributed by atoms with van der Waals surface area (Å²) in [5.41, 5.74) is 3.53. The highest BCUT2D eigenvalue weighted by molar-refractivity contribution is 8.00. The van der Waals surface area contributed by atoms with Crippen LogP contribution in [0.4, 0.5) is 9.52 Å². The second kappa shape index (κ2) is 15.1. The number of β-lactam (4-membered cyclic amide) rings is 1. The van der Waals surface area contributed by atoms with Crippen molar-refractivity contribution in [3.05, 3.63) is 45.9 Å². The van der Waals surface area contributed by atoms with E-state index in [4.69, 9.17) is 10.6 Å². The third-order valence-electron chi connectivity index (χ3n) is 9.45. The van der Waals surface area contributed by atoms with E-state index in [1.165, 1.54) is 35.9 Å². The van der Waals surface area contributed by atoms with Crippen LogP contribution in [0.1, 0.15) is 56.1 Å². The summed E-state index contributed by atoms with van der Waals surface area (Å²) < 4.78 is 14.2. The number of nitrogen functional groups attached to an aromatic ring is 1. The molecule has 0 saturated carbocycles. The zero-order valence-corrected chi connectivity index (χ0v) is 30.5. The van der Waals surface area contributed by atoms with E-state index >= 15 is 0 Å². The molecule has 3 aliphatic rings. The number of phenolic OH excluding ortho intramolecular Hbond substituents is 2. The van der Waals surface area contributed by atoms with Crippen molar-refractivity contribution < 1.29 is 62.9 Å². The predicted octanol–water partition coefficient (Wildman–Crippen LogP) is 1.69. The van der Waals surface area contributed by atoms with E-state index in [9.17, 15) is 53.6 Å². The fourth-order valence-corrected chi connectivity index (χ4v) is 8.53. The van der Waals surface area contributed by atoms with Gasteiger partial charge in [0.05, 0.1) is 37.5 Å². The first-order valence-corrected chi connectivity index (χ1v) is 18.3. The van der Waals surface area contributed by atoms with E-state index < -0.39 is 80.3 Å². The lowest BCUT2D eigenvalue weighted by Gasteiger charge is -2.51. The Morgan fingerprint density at radius 1 is 1.17 bits per heavy atom. The van der Waals surface area contributed by atoms with Crippen molar-refractivity contribution in [2.75, 3.05) is 38.5 Å². The molecule has 2 amide bonds. The minimum Gasteiger partial charge on any atom is -0.504 e. The fraction of sp³-hybridized carbons (Fsp3) is 0.455. The molecule has 2 fully saturated rings. The largest absolute Gasteiger partial charge is 0.504 e. The van der Waals surface area contributed by atoms with Crippen molar-refractivity contribution >= 4 is 69.3 Å². The smallest absolute Gasteiger partial charge is 0.352 e. The summed E-state index contributed by atoms with van der Waals surface area (Å²) in [6.07, 6.45) is 1.24. The molecule has 0 aliphatic carbocycles. The number of aliphatic carboxylic acids is 2. The van der Waals surface area contributed by atoms with Crippen LogP contribution in [0.25, 0.3) is 0 Å². The molecular formula is C33H38FN6O11S2+. The number of carboxylic acid groups (broad SMARTS) is 2. The Morgan fingerprint density at radius 2 is 1.85 bits per heavy atom. The summed E-state index contributed by atoms with van der Waals surface area (Å²) in [5, 5.41) is 45.7. The predicted molar refractivity (Wildman–Crippen MR) is 187 cm³/mol. The van der Waals surface area contributed by atoms with Crippen LogP contribution >= 0.6 is 23.1 Å². The molecule has 1 aromatic heterocycles. The summed E-state index contributed by atoms with van der Waals surface area (Å²) in [5.74, 6) is -10.2. The van der Waals surface area contributed by atoms with Gasteiger partial charge in [0.15, 0.2) is 33.9 Å². The number of nitrogens with zero attached hydrogens (tertiary/aromatic N) is 4. The third kappa shape index (κ3) is 7.98. The minimum absolute atomic E-state index is 0.00562. The number of ketones is 2. The number of anilines is 1. The average Bonchev–Trinajstić information content (AvgIpc) is 3.74. The number of carboxylic acids is 2. The quantitative estimate of drug-likeness (QED) is 0.0286.